The monoisotopic (exact) mass is 335 g/mol. The molecule has 0 saturated carbocycles. The molecule has 1 N–H and O–H groups in total. The molecular weight excluding hydrogens is 321 g/mol. The summed E-state index contributed by atoms with van der Waals surface area (Å²) in [5.74, 6) is -0.552. The number of carbonyl (C=O) groups is 2. The first-order valence-electron chi connectivity index (χ1n) is 6.97. The summed E-state index contributed by atoms with van der Waals surface area (Å²) in [5.41, 5.74) is 1.97. The van der Waals surface area contributed by atoms with Crippen molar-refractivity contribution >= 4 is 28.4 Å². The van der Waals surface area contributed by atoms with Gasteiger partial charge in [0.2, 0.25) is 11.0 Å². The lowest BCUT2D eigenvalue weighted by atomic mass is 10.2. The second-order valence-electron chi connectivity index (χ2n) is 5.00. The average Bonchev–Trinajstić information content (AvgIpc) is 3.04. The summed E-state index contributed by atoms with van der Waals surface area (Å²) in [6.07, 6.45) is 0. The van der Waals surface area contributed by atoms with Crippen molar-refractivity contribution < 1.29 is 14.0 Å². The molecule has 0 spiro atoms. The van der Waals surface area contributed by atoms with Crippen molar-refractivity contribution in [3.63, 3.8) is 0 Å². The first-order valence-corrected chi connectivity index (χ1v) is 7.85. The average molecular weight is 335 g/mol. The molecule has 9 heteroatoms. The van der Waals surface area contributed by atoms with Gasteiger partial charge in [-0.1, -0.05) is 29.5 Å². The number of carbonyl (C=O) groups excluding carboxylic acids is 2. The lowest BCUT2D eigenvalue weighted by molar-refractivity contribution is -0.135. The number of halogens is 1. The molecule has 1 saturated heterocycles. The molecule has 0 aliphatic carbocycles. The molecule has 120 valence electrons. The van der Waals surface area contributed by atoms with E-state index in [4.69, 9.17) is 0 Å². The molecule has 1 aromatic carbocycles. The highest BCUT2D eigenvalue weighted by molar-refractivity contribution is 7.13. The molecule has 23 heavy (non-hydrogen) atoms. The maximum Gasteiger partial charge on any atom is 0.324 e. The molecule has 1 fully saturated rings. The van der Waals surface area contributed by atoms with E-state index in [1.54, 1.807) is 23.1 Å². The van der Waals surface area contributed by atoms with E-state index in [0.29, 0.717) is 23.8 Å². The van der Waals surface area contributed by atoms with Gasteiger partial charge in [0.1, 0.15) is 17.9 Å². The zero-order chi connectivity index (χ0) is 16.2. The maximum absolute atomic E-state index is 13.7. The number of anilines is 1. The van der Waals surface area contributed by atoms with Crippen molar-refractivity contribution in [1.82, 2.24) is 20.0 Å². The van der Waals surface area contributed by atoms with E-state index in [-0.39, 0.29) is 30.8 Å². The quantitative estimate of drug-likeness (QED) is 0.923. The number of rotatable bonds is 3. The van der Waals surface area contributed by atoms with Gasteiger partial charge in [0.05, 0.1) is 0 Å². The highest BCUT2D eigenvalue weighted by Gasteiger charge is 2.27. The van der Waals surface area contributed by atoms with Crippen molar-refractivity contribution in [3.05, 3.63) is 41.2 Å². The Morgan fingerprint density at radius 2 is 2.17 bits per heavy atom. The van der Waals surface area contributed by atoms with E-state index in [1.165, 1.54) is 27.8 Å². The molecule has 7 nitrogen and oxygen atoms in total. The Hall–Kier alpha value is -2.55. The van der Waals surface area contributed by atoms with Crippen molar-refractivity contribution in [3.8, 4) is 0 Å². The second-order valence-corrected chi connectivity index (χ2v) is 5.84. The van der Waals surface area contributed by atoms with E-state index >= 15 is 0 Å². The third-order valence-corrected chi connectivity index (χ3v) is 4.11. The minimum atomic E-state index is -0.388. The Kier molecular flexibility index (Phi) is 4.47. The van der Waals surface area contributed by atoms with Gasteiger partial charge in [-0.25, -0.2) is 9.18 Å². The number of piperazine rings is 1. The summed E-state index contributed by atoms with van der Waals surface area (Å²) in [5, 5.41) is 10.3. The zero-order valence-corrected chi connectivity index (χ0v) is 12.9. The highest BCUT2D eigenvalue weighted by Crippen LogP contribution is 2.14. The normalized spacial score (nSPS) is 14.9. The second kappa shape index (κ2) is 6.69. The SMILES string of the molecule is O=C1CN(C(=O)Nc2nncs2)CCN1Cc1ccccc1F. The van der Waals surface area contributed by atoms with Crippen LogP contribution in [0.1, 0.15) is 5.56 Å². The Morgan fingerprint density at radius 1 is 1.35 bits per heavy atom. The summed E-state index contributed by atoms with van der Waals surface area (Å²) in [6.45, 7) is 0.901. The minimum Gasteiger partial charge on any atom is -0.335 e. The predicted molar refractivity (Wildman–Crippen MR) is 82.3 cm³/mol. The molecule has 2 aromatic rings. The number of aromatic nitrogens is 2. The van der Waals surface area contributed by atoms with Crippen LogP contribution in [0, 0.1) is 5.82 Å². The van der Waals surface area contributed by atoms with Gasteiger partial charge < -0.3 is 9.80 Å². The topological polar surface area (TPSA) is 78.4 Å². The summed E-state index contributed by atoms with van der Waals surface area (Å²) in [7, 11) is 0. The van der Waals surface area contributed by atoms with Crippen LogP contribution in [-0.4, -0.2) is 51.6 Å². The molecule has 2 heterocycles. The predicted octanol–water partition coefficient (Wildman–Crippen LogP) is 1.55. The number of hydrogen-bond donors (Lipinski definition) is 1. The van der Waals surface area contributed by atoms with Crippen molar-refractivity contribution in [1.29, 1.82) is 0 Å². The molecule has 1 aliphatic heterocycles. The molecule has 3 rings (SSSR count). The number of urea groups is 1. The van der Waals surface area contributed by atoms with E-state index < -0.39 is 0 Å². The first-order chi connectivity index (χ1) is 11.1. The van der Waals surface area contributed by atoms with Crippen LogP contribution in [0.4, 0.5) is 14.3 Å². The van der Waals surface area contributed by atoms with Crippen LogP contribution in [0.2, 0.25) is 0 Å². The van der Waals surface area contributed by atoms with E-state index in [2.05, 4.69) is 15.5 Å². The fourth-order valence-electron chi connectivity index (χ4n) is 2.28. The van der Waals surface area contributed by atoms with Gasteiger partial charge >= 0.3 is 6.03 Å². The molecule has 0 atom stereocenters. The number of nitrogens with one attached hydrogen (secondary N) is 1. The molecule has 0 radical (unpaired) electrons. The van der Waals surface area contributed by atoms with Crippen LogP contribution in [0.5, 0.6) is 0 Å². The zero-order valence-electron chi connectivity index (χ0n) is 12.1. The van der Waals surface area contributed by atoms with Gasteiger partial charge in [-0.2, -0.15) is 0 Å². The third kappa shape index (κ3) is 3.62. The molecule has 1 aromatic heterocycles. The molecular formula is C14H14FN5O2S. The fourth-order valence-corrected chi connectivity index (χ4v) is 2.71. The van der Waals surface area contributed by atoms with Crippen molar-refractivity contribution in [2.24, 2.45) is 0 Å². The molecule has 0 bridgehead atoms. The van der Waals surface area contributed by atoms with Gasteiger partial charge in [0.25, 0.3) is 0 Å². The lowest BCUT2D eigenvalue weighted by Gasteiger charge is -2.34. The lowest BCUT2D eigenvalue weighted by Crippen LogP contribution is -2.52. The summed E-state index contributed by atoms with van der Waals surface area (Å²) < 4.78 is 13.7. The van der Waals surface area contributed by atoms with Crippen molar-refractivity contribution in [2.45, 2.75) is 6.54 Å². The van der Waals surface area contributed by atoms with E-state index in [9.17, 15) is 14.0 Å². The van der Waals surface area contributed by atoms with Crippen LogP contribution >= 0.6 is 11.3 Å². The standard InChI is InChI=1S/C14H14FN5O2S/c15-11-4-2-1-3-10(11)7-19-5-6-20(8-12(19)21)14(22)17-13-18-16-9-23-13/h1-4,9H,5-8H2,(H,17,18,22). The third-order valence-electron chi connectivity index (χ3n) is 3.50. The largest absolute Gasteiger partial charge is 0.335 e. The van der Waals surface area contributed by atoms with Crippen molar-refractivity contribution in [2.75, 3.05) is 25.0 Å². The molecule has 3 amide bonds. The van der Waals surface area contributed by atoms with Gasteiger partial charge in [-0.3, -0.25) is 10.1 Å². The van der Waals surface area contributed by atoms with Gasteiger partial charge in [0, 0.05) is 25.2 Å². The fraction of sp³-hybridized carbons (Fsp3) is 0.286. The summed E-state index contributed by atoms with van der Waals surface area (Å²) in [6, 6.07) is 5.97. The van der Waals surface area contributed by atoms with Crippen LogP contribution in [-0.2, 0) is 11.3 Å². The summed E-state index contributed by atoms with van der Waals surface area (Å²) in [4.78, 5) is 27.2. The molecule has 0 unspecified atom stereocenters. The molecule has 1 aliphatic rings. The Labute approximate surface area is 135 Å². The Morgan fingerprint density at radius 3 is 2.87 bits per heavy atom. The number of benzene rings is 1. The Balaban J connectivity index is 1.58. The highest BCUT2D eigenvalue weighted by atomic mass is 32.1. The van der Waals surface area contributed by atoms with Crippen LogP contribution < -0.4 is 5.32 Å². The van der Waals surface area contributed by atoms with Gasteiger partial charge in [-0.05, 0) is 6.07 Å². The van der Waals surface area contributed by atoms with Crippen LogP contribution in [0.15, 0.2) is 29.8 Å². The maximum atomic E-state index is 13.7. The first kappa shape index (κ1) is 15.3. The van der Waals surface area contributed by atoms with Gasteiger partial charge in [0.15, 0.2) is 0 Å². The Bertz CT molecular complexity index is 709. The number of amides is 3. The van der Waals surface area contributed by atoms with Crippen LogP contribution in [0.3, 0.4) is 0 Å². The summed E-state index contributed by atoms with van der Waals surface area (Å²) >= 11 is 1.20. The minimum absolute atomic E-state index is 0.0426. The van der Waals surface area contributed by atoms with E-state index in [0.717, 1.165) is 0 Å². The van der Waals surface area contributed by atoms with E-state index in [1.807, 2.05) is 0 Å². The van der Waals surface area contributed by atoms with Crippen LogP contribution in [0.25, 0.3) is 0 Å². The number of hydrogen-bond acceptors (Lipinski definition) is 5. The number of nitrogens with zero attached hydrogens (tertiary/aromatic N) is 4. The van der Waals surface area contributed by atoms with Gasteiger partial charge in [-0.15, -0.1) is 10.2 Å². The smallest absolute Gasteiger partial charge is 0.324 e.